The molecular formula is C10H18NO9S2-. The molecule has 0 spiro atoms. The van der Waals surface area contributed by atoms with Crippen molar-refractivity contribution in [3.63, 3.8) is 0 Å². The number of rotatable bonds is 5. The number of aliphatic hydroxyl groups excluding tert-OH is 4. The summed E-state index contributed by atoms with van der Waals surface area (Å²) in [5, 5.41) is 41.5. The molecule has 130 valence electrons. The van der Waals surface area contributed by atoms with Crippen molar-refractivity contribution in [1.82, 2.24) is 0 Å². The number of thioether (sulfide) groups is 1. The molecule has 1 heterocycles. The molecule has 0 aromatic carbocycles. The summed E-state index contributed by atoms with van der Waals surface area (Å²) in [6.07, 6.45) is -5.69. The lowest BCUT2D eigenvalue weighted by atomic mass is 10.0. The SMILES string of the molecule is CC(C)C(=NOS(=O)(=O)[O-])SC1OC(CO)C(O)C(O)C1O. The molecule has 0 aromatic heterocycles. The minimum absolute atomic E-state index is 0.0174. The Bertz CT molecular complexity index is 493. The topological polar surface area (TPSA) is 169 Å². The van der Waals surface area contributed by atoms with Gasteiger partial charge < -0.3 is 29.7 Å². The van der Waals surface area contributed by atoms with Gasteiger partial charge in [-0.05, 0) is 0 Å². The van der Waals surface area contributed by atoms with Crippen LogP contribution >= 0.6 is 11.8 Å². The first-order chi connectivity index (χ1) is 10.1. The van der Waals surface area contributed by atoms with Gasteiger partial charge in [0.2, 0.25) is 0 Å². The van der Waals surface area contributed by atoms with Gasteiger partial charge in [-0.2, -0.15) is 8.42 Å². The fourth-order valence-electron chi connectivity index (χ4n) is 1.63. The van der Waals surface area contributed by atoms with E-state index in [1.165, 1.54) is 0 Å². The van der Waals surface area contributed by atoms with Gasteiger partial charge in [0.15, 0.2) is 0 Å². The van der Waals surface area contributed by atoms with E-state index >= 15 is 0 Å². The van der Waals surface area contributed by atoms with Crippen LogP contribution < -0.4 is 0 Å². The van der Waals surface area contributed by atoms with E-state index in [2.05, 4.69) is 9.44 Å². The van der Waals surface area contributed by atoms with Crippen LogP contribution in [0.4, 0.5) is 0 Å². The van der Waals surface area contributed by atoms with Crippen molar-refractivity contribution in [2.45, 2.75) is 43.7 Å². The second-order valence-corrected chi connectivity index (χ2v) is 6.97. The lowest BCUT2D eigenvalue weighted by molar-refractivity contribution is -0.205. The highest BCUT2D eigenvalue weighted by Crippen LogP contribution is 2.31. The van der Waals surface area contributed by atoms with Crippen molar-refractivity contribution in [3.05, 3.63) is 0 Å². The molecule has 22 heavy (non-hydrogen) atoms. The molecule has 4 N–H and O–H groups in total. The predicted molar refractivity (Wildman–Crippen MR) is 74.4 cm³/mol. The van der Waals surface area contributed by atoms with E-state index in [0.717, 1.165) is 0 Å². The average Bonchev–Trinajstić information content (AvgIpc) is 2.41. The molecule has 1 rings (SSSR count). The van der Waals surface area contributed by atoms with Crippen LogP contribution in [0.5, 0.6) is 0 Å². The average molecular weight is 360 g/mol. The number of hydrogen-bond donors (Lipinski definition) is 4. The highest BCUT2D eigenvalue weighted by molar-refractivity contribution is 8.14. The number of aliphatic hydroxyl groups is 4. The molecule has 1 saturated heterocycles. The first-order valence-electron chi connectivity index (χ1n) is 6.26. The molecule has 0 aliphatic carbocycles. The number of oxime groups is 1. The Kier molecular flexibility index (Phi) is 7.01. The van der Waals surface area contributed by atoms with Gasteiger partial charge in [-0.1, -0.05) is 30.8 Å². The molecular weight excluding hydrogens is 342 g/mol. The Morgan fingerprint density at radius 2 is 1.91 bits per heavy atom. The van der Waals surface area contributed by atoms with Crippen molar-refractivity contribution >= 4 is 27.2 Å². The van der Waals surface area contributed by atoms with E-state index < -0.39 is 46.9 Å². The van der Waals surface area contributed by atoms with Gasteiger partial charge in [0.1, 0.15) is 34.9 Å². The Hall–Kier alpha value is -0.470. The number of hydrogen-bond acceptors (Lipinski definition) is 11. The molecule has 5 atom stereocenters. The van der Waals surface area contributed by atoms with Crippen LogP contribution in [0, 0.1) is 5.92 Å². The van der Waals surface area contributed by atoms with Crippen LogP contribution in [0.3, 0.4) is 0 Å². The van der Waals surface area contributed by atoms with Crippen molar-refractivity contribution < 1.29 is 42.4 Å². The van der Waals surface area contributed by atoms with Gasteiger partial charge >= 0.3 is 0 Å². The molecule has 1 aliphatic rings. The van der Waals surface area contributed by atoms with E-state index in [9.17, 15) is 28.3 Å². The number of ether oxygens (including phenoxy) is 1. The van der Waals surface area contributed by atoms with Gasteiger partial charge in [0.25, 0.3) is 10.4 Å². The molecule has 1 fully saturated rings. The first kappa shape index (κ1) is 19.6. The van der Waals surface area contributed by atoms with Gasteiger partial charge in [0, 0.05) is 5.92 Å². The molecule has 0 radical (unpaired) electrons. The summed E-state index contributed by atoms with van der Waals surface area (Å²) in [6.45, 7) is 2.65. The quantitative estimate of drug-likeness (QED) is 0.141. The zero-order chi connectivity index (χ0) is 17.1. The monoisotopic (exact) mass is 360 g/mol. The summed E-state index contributed by atoms with van der Waals surface area (Å²) in [6, 6.07) is 0. The Balaban J connectivity index is 2.88. The number of nitrogens with zero attached hydrogens (tertiary/aromatic N) is 1. The smallest absolute Gasteiger partial charge is 0.284 e. The maximum absolute atomic E-state index is 10.4. The van der Waals surface area contributed by atoms with E-state index in [1.807, 2.05) is 0 Å². The summed E-state index contributed by atoms with van der Waals surface area (Å²) in [5.74, 6) is -0.376. The van der Waals surface area contributed by atoms with E-state index in [-0.39, 0.29) is 11.0 Å². The molecule has 0 aromatic rings. The Morgan fingerprint density at radius 1 is 1.32 bits per heavy atom. The molecule has 12 heteroatoms. The van der Waals surface area contributed by atoms with Crippen LogP contribution in [-0.4, -0.2) is 74.9 Å². The highest BCUT2D eigenvalue weighted by atomic mass is 32.3. The minimum atomic E-state index is -5.03. The second-order valence-electron chi connectivity index (χ2n) is 4.88. The summed E-state index contributed by atoms with van der Waals surface area (Å²) < 4.78 is 40.3. The van der Waals surface area contributed by atoms with Crippen molar-refractivity contribution in [3.8, 4) is 0 Å². The molecule has 0 amide bonds. The summed E-state index contributed by atoms with van der Waals surface area (Å²) >= 11 is 0.715. The van der Waals surface area contributed by atoms with Crippen LogP contribution in [0.15, 0.2) is 5.16 Å². The van der Waals surface area contributed by atoms with Crippen molar-refractivity contribution in [2.24, 2.45) is 11.1 Å². The third-order valence-electron chi connectivity index (χ3n) is 2.80. The normalized spacial score (nSPS) is 34.0. The lowest BCUT2D eigenvalue weighted by Crippen LogP contribution is -2.57. The fraction of sp³-hybridized carbons (Fsp3) is 0.900. The highest BCUT2D eigenvalue weighted by Gasteiger charge is 2.44. The van der Waals surface area contributed by atoms with Crippen LogP contribution in [-0.2, 0) is 19.4 Å². The minimum Gasteiger partial charge on any atom is -0.714 e. The third kappa shape index (κ3) is 5.31. The maximum atomic E-state index is 10.4. The fourth-order valence-corrected chi connectivity index (χ4v) is 2.94. The van der Waals surface area contributed by atoms with Gasteiger partial charge in [-0.15, -0.1) is 0 Å². The van der Waals surface area contributed by atoms with Crippen LogP contribution in [0.25, 0.3) is 0 Å². The lowest BCUT2D eigenvalue weighted by Gasteiger charge is -2.39. The van der Waals surface area contributed by atoms with Gasteiger partial charge in [0.05, 0.1) is 6.61 Å². The molecule has 0 bridgehead atoms. The van der Waals surface area contributed by atoms with Gasteiger partial charge in [-0.25, -0.2) is 0 Å². The van der Waals surface area contributed by atoms with E-state index in [4.69, 9.17) is 9.84 Å². The van der Waals surface area contributed by atoms with E-state index in [0.29, 0.717) is 11.8 Å². The molecule has 1 aliphatic heterocycles. The maximum Gasteiger partial charge on any atom is 0.284 e. The zero-order valence-corrected chi connectivity index (χ0v) is 13.4. The summed E-state index contributed by atoms with van der Waals surface area (Å²) in [7, 11) is -5.03. The Labute approximate surface area is 131 Å². The second kappa shape index (κ2) is 7.88. The van der Waals surface area contributed by atoms with Crippen LogP contribution in [0.1, 0.15) is 13.8 Å². The largest absolute Gasteiger partial charge is 0.714 e. The first-order valence-corrected chi connectivity index (χ1v) is 8.47. The molecule has 5 unspecified atom stereocenters. The zero-order valence-electron chi connectivity index (χ0n) is 11.8. The van der Waals surface area contributed by atoms with E-state index in [1.54, 1.807) is 13.8 Å². The summed E-state index contributed by atoms with van der Waals surface area (Å²) in [5.41, 5.74) is -1.14. The molecule has 0 saturated carbocycles. The van der Waals surface area contributed by atoms with Crippen molar-refractivity contribution in [2.75, 3.05) is 6.61 Å². The molecule has 10 nitrogen and oxygen atoms in total. The third-order valence-corrected chi connectivity index (χ3v) is 4.46. The van der Waals surface area contributed by atoms with Crippen molar-refractivity contribution in [1.29, 1.82) is 0 Å². The van der Waals surface area contributed by atoms with Gasteiger partial charge in [-0.3, -0.25) is 4.28 Å². The standard InChI is InChI=1S/C10H19NO9S2/c1-4(2)9(11-20-22(16,17)18)21-10-8(15)7(14)6(13)5(3-12)19-10/h4-8,10,12-15H,3H2,1-2H3,(H,16,17,18)/p-1. The predicted octanol–water partition coefficient (Wildman–Crippen LogP) is -2.03. The Morgan fingerprint density at radius 3 is 2.36 bits per heavy atom. The summed E-state index contributed by atoms with van der Waals surface area (Å²) in [4.78, 5) is 0. The van der Waals surface area contributed by atoms with Crippen LogP contribution in [0.2, 0.25) is 0 Å².